The molecule has 2 aromatic rings. The fourth-order valence-electron chi connectivity index (χ4n) is 2.43. The summed E-state index contributed by atoms with van der Waals surface area (Å²) in [6.07, 6.45) is 2.34. The minimum Gasteiger partial charge on any atom is -0.294 e. The Labute approximate surface area is 109 Å². The van der Waals surface area contributed by atoms with Gasteiger partial charge < -0.3 is 0 Å². The summed E-state index contributed by atoms with van der Waals surface area (Å²) >= 11 is 1.42. The van der Waals surface area contributed by atoms with Gasteiger partial charge in [0.15, 0.2) is 5.78 Å². The molecule has 18 heavy (non-hydrogen) atoms. The van der Waals surface area contributed by atoms with E-state index >= 15 is 0 Å². The lowest BCUT2D eigenvalue weighted by Gasteiger charge is -2.17. The van der Waals surface area contributed by atoms with Gasteiger partial charge in [0, 0.05) is 17.5 Å². The molecule has 1 aromatic carbocycles. The molecule has 1 aliphatic rings. The SMILES string of the molecule is O=C(c1cccs1)c1cccc2c1C(=O)CCC2. The van der Waals surface area contributed by atoms with Crippen LogP contribution in [0.5, 0.6) is 0 Å². The van der Waals surface area contributed by atoms with Crippen molar-refractivity contribution in [3.8, 4) is 0 Å². The van der Waals surface area contributed by atoms with Crippen molar-refractivity contribution >= 4 is 22.9 Å². The summed E-state index contributed by atoms with van der Waals surface area (Å²) in [7, 11) is 0. The van der Waals surface area contributed by atoms with Crippen molar-refractivity contribution in [1.82, 2.24) is 0 Å². The summed E-state index contributed by atoms with van der Waals surface area (Å²) < 4.78 is 0. The molecule has 3 heteroatoms. The van der Waals surface area contributed by atoms with Gasteiger partial charge in [-0.15, -0.1) is 11.3 Å². The number of thiophene rings is 1. The molecule has 0 aliphatic heterocycles. The van der Waals surface area contributed by atoms with Gasteiger partial charge in [-0.1, -0.05) is 24.3 Å². The second kappa shape index (κ2) is 4.50. The standard InChI is InChI=1S/C15H12O2S/c16-12-7-2-5-10-4-1-6-11(14(10)12)15(17)13-8-3-9-18-13/h1,3-4,6,8-9H,2,5,7H2. The summed E-state index contributed by atoms with van der Waals surface area (Å²) in [4.78, 5) is 25.1. The van der Waals surface area contributed by atoms with E-state index in [1.807, 2.05) is 23.6 Å². The maximum Gasteiger partial charge on any atom is 0.203 e. The molecule has 0 unspecified atom stereocenters. The molecular weight excluding hydrogens is 244 g/mol. The second-order valence-corrected chi connectivity index (χ2v) is 5.37. The van der Waals surface area contributed by atoms with Crippen LogP contribution in [-0.2, 0) is 6.42 Å². The summed E-state index contributed by atoms with van der Waals surface area (Å²) in [5, 5.41) is 1.88. The van der Waals surface area contributed by atoms with E-state index in [-0.39, 0.29) is 11.6 Å². The monoisotopic (exact) mass is 256 g/mol. The number of carbonyl (C=O) groups excluding carboxylic acids is 2. The first-order chi connectivity index (χ1) is 8.77. The van der Waals surface area contributed by atoms with Crippen LogP contribution in [-0.4, -0.2) is 11.6 Å². The highest BCUT2D eigenvalue weighted by Gasteiger charge is 2.24. The highest BCUT2D eigenvalue weighted by atomic mass is 32.1. The first-order valence-corrected chi connectivity index (χ1v) is 6.88. The van der Waals surface area contributed by atoms with Gasteiger partial charge in [0.2, 0.25) is 5.78 Å². The average molecular weight is 256 g/mol. The molecule has 0 fully saturated rings. The molecule has 0 atom stereocenters. The molecule has 1 heterocycles. The lowest BCUT2D eigenvalue weighted by atomic mass is 9.86. The van der Waals surface area contributed by atoms with Crippen LogP contribution in [0.15, 0.2) is 35.7 Å². The van der Waals surface area contributed by atoms with Crippen LogP contribution in [0.2, 0.25) is 0 Å². The summed E-state index contributed by atoms with van der Waals surface area (Å²) in [6, 6.07) is 9.26. The smallest absolute Gasteiger partial charge is 0.203 e. The molecular formula is C15H12O2S. The van der Waals surface area contributed by atoms with Gasteiger partial charge in [0.25, 0.3) is 0 Å². The van der Waals surface area contributed by atoms with Gasteiger partial charge in [-0.3, -0.25) is 9.59 Å². The number of ketones is 2. The zero-order valence-electron chi connectivity index (χ0n) is 9.81. The highest BCUT2D eigenvalue weighted by Crippen LogP contribution is 2.27. The first-order valence-electron chi connectivity index (χ1n) is 6.00. The number of aryl methyl sites for hydroxylation is 1. The van der Waals surface area contributed by atoms with Gasteiger partial charge in [0.1, 0.15) is 0 Å². The van der Waals surface area contributed by atoms with Crippen LogP contribution < -0.4 is 0 Å². The third kappa shape index (κ3) is 1.81. The zero-order chi connectivity index (χ0) is 12.5. The van der Waals surface area contributed by atoms with Gasteiger partial charge in [0.05, 0.1) is 4.88 Å². The Balaban J connectivity index is 2.13. The maximum absolute atomic E-state index is 12.4. The first kappa shape index (κ1) is 11.4. The molecule has 90 valence electrons. The van der Waals surface area contributed by atoms with Crippen molar-refractivity contribution in [2.45, 2.75) is 19.3 Å². The third-order valence-electron chi connectivity index (χ3n) is 3.27. The number of hydrogen-bond acceptors (Lipinski definition) is 3. The van der Waals surface area contributed by atoms with Crippen molar-refractivity contribution in [3.63, 3.8) is 0 Å². The van der Waals surface area contributed by atoms with Crippen LogP contribution in [0.3, 0.4) is 0 Å². The third-order valence-corrected chi connectivity index (χ3v) is 4.14. The van der Waals surface area contributed by atoms with E-state index in [0.29, 0.717) is 22.4 Å². The van der Waals surface area contributed by atoms with E-state index in [2.05, 4.69) is 0 Å². The predicted octanol–water partition coefficient (Wildman–Crippen LogP) is 3.50. The van der Waals surface area contributed by atoms with Crippen molar-refractivity contribution in [2.75, 3.05) is 0 Å². The van der Waals surface area contributed by atoms with Gasteiger partial charge in [-0.05, 0) is 29.9 Å². The number of rotatable bonds is 2. The number of fused-ring (bicyclic) bond motifs is 1. The van der Waals surface area contributed by atoms with Crippen LogP contribution >= 0.6 is 11.3 Å². The fraction of sp³-hybridized carbons (Fsp3) is 0.200. The minimum absolute atomic E-state index is 0.0305. The fourth-order valence-corrected chi connectivity index (χ4v) is 3.11. The number of benzene rings is 1. The normalized spacial score (nSPS) is 14.3. The summed E-state index contributed by atoms with van der Waals surface area (Å²) in [5.74, 6) is 0.0776. The average Bonchev–Trinajstić information content (AvgIpc) is 2.91. The van der Waals surface area contributed by atoms with Crippen LogP contribution in [0.25, 0.3) is 0 Å². The van der Waals surface area contributed by atoms with E-state index in [1.165, 1.54) is 11.3 Å². The van der Waals surface area contributed by atoms with Gasteiger partial charge >= 0.3 is 0 Å². The Bertz CT molecular complexity index is 611. The van der Waals surface area contributed by atoms with E-state index in [0.717, 1.165) is 18.4 Å². The molecule has 0 saturated heterocycles. The largest absolute Gasteiger partial charge is 0.294 e. The Kier molecular flexibility index (Phi) is 2.84. The lowest BCUT2D eigenvalue weighted by Crippen LogP contribution is -2.16. The Hall–Kier alpha value is -1.74. The molecule has 0 spiro atoms. The van der Waals surface area contributed by atoms with Crippen molar-refractivity contribution in [3.05, 3.63) is 57.3 Å². The summed E-state index contributed by atoms with van der Waals surface area (Å²) in [5.41, 5.74) is 2.25. The molecule has 0 N–H and O–H groups in total. The zero-order valence-corrected chi connectivity index (χ0v) is 10.6. The topological polar surface area (TPSA) is 34.1 Å². The van der Waals surface area contributed by atoms with Crippen molar-refractivity contribution in [1.29, 1.82) is 0 Å². The molecule has 1 aromatic heterocycles. The number of Topliss-reactive ketones (excluding diaryl/α,β-unsaturated/α-hetero) is 1. The predicted molar refractivity (Wildman–Crippen MR) is 71.5 cm³/mol. The molecule has 0 bridgehead atoms. The van der Waals surface area contributed by atoms with Crippen LogP contribution in [0.1, 0.15) is 44.0 Å². The lowest BCUT2D eigenvalue weighted by molar-refractivity contribution is 0.0958. The quantitative estimate of drug-likeness (QED) is 0.771. The molecule has 0 amide bonds. The molecule has 3 rings (SSSR count). The van der Waals surface area contributed by atoms with E-state index in [9.17, 15) is 9.59 Å². The van der Waals surface area contributed by atoms with Crippen LogP contribution in [0, 0.1) is 0 Å². The molecule has 0 saturated carbocycles. The van der Waals surface area contributed by atoms with Crippen LogP contribution in [0.4, 0.5) is 0 Å². The highest BCUT2D eigenvalue weighted by molar-refractivity contribution is 7.12. The van der Waals surface area contributed by atoms with E-state index < -0.39 is 0 Å². The Morgan fingerprint density at radius 2 is 2.00 bits per heavy atom. The number of hydrogen-bond donors (Lipinski definition) is 0. The number of carbonyl (C=O) groups is 2. The van der Waals surface area contributed by atoms with Gasteiger partial charge in [-0.25, -0.2) is 0 Å². The Morgan fingerprint density at radius 1 is 1.11 bits per heavy atom. The molecule has 2 nitrogen and oxygen atoms in total. The molecule has 0 radical (unpaired) electrons. The van der Waals surface area contributed by atoms with Gasteiger partial charge in [-0.2, -0.15) is 0 Å². The van der Waals surface area contributed by atoms with Crippen molar-refractivity contribution < 1.29 is 9.59 Å². The second-order valence-electron chi connectivity index (χ2n) is 4.42. The summed E-state index contributed by atoms with van der Waals surface area (Å²) in [6.45, 7) is 0. The van der Waals surface area contributed by atoms with E-state index in [1.54, 1.807) is 12.1 Å². The molecule has 1 aliphatic carbocycles. The minimum atomic E-state index is -0.0305. The Morgan fingerprint density at radius 3 is 2.78 bits per heavy atom. The maximum atomic E-state index is 12.4. The van der Waals surface area contributed by atoms with Crippen molar-refractivity contribution in [2.24, 2.45) is 0 Å². The van der Waals surface area contributed by atoms with E-state index in [4.69, 9.17) is 0 Å².